The Kier molecular flexibility index (Phi) is 3.57. The lowest BCUT2D eigenvalue weighted by molar-refractivity contribution is 0.454. The zero-order chi connectivity index (χ0) is 9.80. The number of rotatable bonds is 1. The van der Waals surface area contributed by atoms with Crippen LogP contribution in [0.4, 0.5) is 0 Å². The van der Waals surface area contributed by atoms with Crippen molar-refractivity contribution >= 4 is 11.3 Å². The van der Waals surface area contributed by atoms with E-state index in [1.54, 1.807) is 0 Å². The van der Waals surface area contributed by atoms with Crippen molar-refractivity contribution < 1.29 is 0 Å². The van der Waals surface area contributed by atoms with Crippen molar-refractivity contribution in [2.75, 3.05) is 0 Å². The third-order valence-electron chi connectivity index (χ3n) is 3.09. The zero-order valence-electron chi connectivity index (χ0n) is 8.96. The molecule has 1 nitrogen and oxygen atoms in total. The Labute approximate surface area is 90.6 Å². The minimum absolute atomic E-state index is 0.772. The Bertz CT molecular complexity index is 272. The summed E-state index contributed by atoms with van der Waals surface area (Å²) in [5.41, 5.74) is 0. The largest absolute Gasteiger partial charge is 0.249 e. The van der Waals surface area contributed by atoms with Crippen LogP contribution in [-0.4, -0.2) is 4.98 Å². The first-order chi connectivity index (χ1) is 6.86. The highest BCUT2D eigenvalue weighted by atomic mass is 32.1. The number of hydrogen-bond acceptors (Lipinski definition) is 2. The molecule has 1 heterocycles. The van der Waals surface area contributed by atoms with Crippen LogP contribution in [0, 0.1) is 6.92 Å². The van der Waals surface area contributed by atoms with Gasteiger partial charge in [0.15, 0.2) is 0 Å². The summed E-state index contributed by atoms with van der Waals surface area (Å²) in [6.45, 7) is 2.16. The van der Waals surface area contributed by atoms with E-state index in [1.165, 1.54) is 54.8 Å². The van der Waals surface area contributed by atoms with Crippen molar-refractivity contribution in [3.8, 4) is 0 Å². The fourth-order valence-electron chi connectivity index (χ4n) is 2.26. The van der Waals surface area contributed by atoms with Crippen molar-refractivity contribution in [1.29, 1.82) is 0 Å². The van der Waals surface area contributed by atoms with Gasteiger partial charge in [0.2, 0.25) is 0 Å². The molecule has 0 spiro atoms. The number of nitrogens with zero attached hydrogens (tertiary/aromatic N) is 1. The smallest absolute Gasteiger partial charge is 0.0958 e. The topological polar surface area (TPSA) is 12.9 Å². The van der Waals surface area contributed by atoms with Gasteiger partial charge in [-0.05, 0) is 19.8 Å². The summed E-state index contributed by atoms with van der Waals surface area (Å²) < 4.78 is 0. The Morgan fingerprint density at radius 2 is 1.79 bits per heavy atom. The predicted octanol–water partition coefficient (Wildman–Crippen LogP) is 4.28. The van der Waals surface area contributed by atoms with Crippen LogP contribution in [0.2, 0.25) is 0 Å². The van der Waals surface area contributed by atoms with Crippen LogP contribution in [0.15, 0.2) is 6.20 Å². The van der Waals surface area contributed by atoms with Gasteiger partial charge in [-0.3, -0.25) is 0 Å². The lowest BCUT2D eigenvalue weighted by atomic mass is 9.92. The summed E-state index contributed by atoms with van der Waals surface area (Å²) in [5.74, 6) is 0.772. The van der Waals surface area contributed by atoms with Gasteiger partial charge in [0.25, 0.3) is 0 Å². The lowest BCUT2D eigenvalue weighted by Crippen LogP contribution is -2.01. The van der Waals surface area contributed by atoms with Gasteiger partial charge in [0.1, 0.15) is 0 Å². The number of aryl methyl sites for hydroxylation is 1. The standard InChI is InChI=1S/C12H19NS/c1-10-9-13-12(14-10)11-7-5-3-2-4-6-8-11/h9,11H,2-8H2,1H3. The third-order valence-corrected chi connectivity index (χ3v) is 4.17. The SMILES string of the molecule is Cc1cnc(C2CCCCCCC2)s1. The summed E-state index contributed by atoms with van der Waals surface area (Å²) in [6, 6.07) is 0. The first-order valence-electron chi connectivity index (χ1n) is 5.78. The van der Waals surface area contributed by atoms with E-state index in [9.17, 15) is 0 Å². The lowest BCUT2D eigenvalue weighted by Gasteiger charge is -2.17. The van der Waals surface area contributed by atoms with E-state index >= 15 is 0 Å². The minimum Gasteiger partial charge on any atom is -0.249 e. The molecule has 78 valence electrons. The van der Waals surface area contributed by atoms with Gasteiger partial charge < -0.3 is 0 Å². The van der Waals surface area contributed by atoms with Gasteiger partial charge >= 0.3 is 0 Å². The van der Waals surface area contributed by atoms with Gasteiger partial charge in [0, 0.05) is 17.0 Å². The second kappa shape index (κ2) is 4.92. The first kappa shape index (κ1) is 10.2. The maximum atomic E-state index is 4.53. The molecule has 1 aromatic heterocycles. The van der Waals surface area contributed by atoms with Gasteiger partial charge in [0.05, 0.1) is 5.01 Å². The van der Waals surface area contributed by atoms with E-state index in [0.717, 1.165) is 5.92 Å². The van der Waals surface area contributed by atoms with Crippen molar-refractivity contribution in [2.45, 2.75) is 57.8 Å². The van der Waals surface area contributed by atoms with E-state index in [4.69, 9.17) is 0 Å². The van der Waals surface area contributed by atoms with E-state index in [0.29, 0.717) is 0 Å². The summed E-state index contributed by atoms with van der Waals surface area (Å²) >= 11 is 1.90. The number of hydrogen-bond donors (Lipinski definition) is 0. The van der Waals surface area contributed by atoms with Gasteiger partial charge in [-0.1, -0.05) is 32.1 Å². The normalized spacial score (nSPS) is 20.4. The van der Waals surface area contributed by atoms with E-state index in [1.807, 2.05) is 17.5 Å². The van der Waals surface area contributed by atoms with Crippen molar-refractivity contribution in [2.24, 2.45) is 0 Å². The highest BCUT2D eigenvalue weighted by molar-refractivity contribution is 7.11. The van der Waals surface area contributed by atoms with Crippen molar-refractivity contribution in [1.82, 2.24) is 4.98 Å². The molecule has 2 rings (SSSR count). The molecule has 0 N–H and O–H groups in total. The fourth-order valence-corrected chi connectivity index (χ4v) is 3.21. The highest BCUT2D eigenvalue weighted by Crippen LogP contribution is 2.32. The molecular formula is C12H19NS. The molecule has 1 fully saturated rings. The molecule has 0 aromatic carbocycles. The maximum absolute atomic E-state index is 4.53. The Hall–Kier alpha value is -0.370. The Balaban J connectivity index is 2.00. The van der Waals surface area contributed by atoms with Gasteiger partial charge in [-0.25, -0.2) is 4.98 Å². The molecule has 0 radical (unpaired) electrons. The average Bonchev–Trinajstić information content (AvgIpc) is 2.51. The third kappa shape index (κ3) is 2.57. The monoisotopic (exact) mass is 209 g/mol. The maximum Gasteiger partial charge on any atom is 0.0958 e. The fraction of sp³-hybridized carbons (Fsp3) is 0.750. The summed E-state index contributed by atoms with van der Waals surface area (Å²) in [7, 11) is 0. The van der Waals surface area contributed by atoms with Crippen molar-refractivity contribution in [3.63, 3.8) is 0 Å². The van der Waals surface area contributed by atoms with Crippen LogP contribution in [0.25, 0.3) is 0 Å². The molecule has 1 saturated carbocycles. The zero-order valence-corrected chi connectivity index (χ0v) is 9.78. The van der Waals surface area contributed by atoms with Crippen molar-refractivity contribution in [3.05, 3.63) is 16.1 Å². The molecule has 0 saturated heterocycles. The summed E-state index contributed by atoms with van der Waals surface area (Å²) in [4.78, 5) is 5.89. The van der Waals surface area contributed by atoms with Crippen LogP contribution >= 0.6 is 11.3 Å². The number of aromatic nitrogens is 1. The Morgan fingerprint density at radius 3 is 2.36 bits per heavy atom. The quantitative estimate of drug-likeness (QED) is 0.672. The second-order valence-corrected chi connectivity index (χ2v) is 5.62. The molecule has 0 aliphatic heterocycles. The van der Waals surface area contributed by atoms with E-state index < -0.39 is 0 Å². The molecule has 0 atom stereocenters. The molecule has 1 aliphatic carbocycles. The molecule has 1 aromatic rings. The highest BCUT2D eigenvalue weighted by Gasteiger charge is 2.15. The molecule has 0 bridgehead atoms. The van der Waals surface area contributed by atoms with Crippen LogP contribution in [0.1, 0.15) is 60.7 Å². The molecule has 0 unspecified atom stereocenters. The molecular weight excluding hydrogens is 190 g/mol. The van der Waals surface area contributed by atoms with Crippen LogP contribution in [0.5, 0.6) is 0 Å². The summed E-state index contributed by atoms with van der Waals surface area (Å²) in [6.07, 6.45) is 11.9. The molecule has 0 amide bonds. The molecule has 14 heavy (non-hydrogen) atoms. The van der Waals surface area contributed by atoms with Gasteiger partial charge in [-0.2, -0.15) is 0 Å². The predicted molar refractivity (Wildman–Crippen MR) is 61.9 cm³/mol. The molecule has 2 heteroatoms. The van der Waals surface area contributed by atoms with Gasteiger partial charge in [-0.15, -0.1) is 11.3 Å². The summed E-state index contributed by atoms with van der Waals surface area (Å²) in [5, 5.41) is 1.39. The first-order valence-corrected chi connectivity index (χ1v) is 6.60. The molecule has 1 aliphatic rings. The van der Waals surface area contributed by atoms with E-state index in [-0.39, 0.29) is 0 Å². The number of thiazole rings is 1. The van der Waals surface area contributed by atoms with Crippen LogP contribution in [-0.2, 0) is 0 Å². The Morgan fingerprint density at radius 1 is 1.14 bits per heavy atom. The van der Waals surface area contributed by atoms with Crippen LogP contribution in [0.3, 0.4) is 0 Å². The van der Waals surface area contributed by atoms with Crippen LogP contribution < -0.4 is 0 Å². The van der Waals surface area contributed by atoms with E-state index in [2.05, 4.69) is 11.9 Å². The second-order valence-electron chi connectivity index (χ2n) is 4.35. The minimum atomic E-state index is 0.772. The average molecular weight is 209 g/mol.